The summed E-state index contributed by atoms with van der Waals surface area (Å²) in [7, 11) is 1.38. The van der Waals surface area contributed by atoms with E-state index >= 15 is 0 Å². The number of carbonyl (C=O) groups is 2. The summed E-state index contributed by atoms with van der Waals surface area (Å²) in [6.45, 7) is 0.0153. The first-order valence-electron chi connectivity index (χ1n) is 7.73. The summed E-state index contributed by atoms with van der Waals surface area (Å²) >= 11 is 0. The summed E-state index contributed by atoms with van der Waals surface area (Å²) in [4.78, 5) is 22.4. The molecule has 0 spiro atoms. The van der Waals surface area contributed by atoms with Crippen LogP contribution in [-0.4, -0.2) is 64.1 Å². The van der Waals surface area contributed by atoms with Gasteiger partial charge in [0, 0.05) is 12.5 Å². The number of esters is 1. The Morgan fingerprint density at radius 2 is 2.04 bits per heavy atom. The van der Waals surface area contributed by atoms with Gasteiger partial charge in [0.2, 0.25) is 5.79 Å². The van der Waals surface area contributed by atoms with Crippen LogP contribution >= 0.6 is 0 Å². The van der Waals surface area contributed by atoms with Gasteiger partial charge in [0.15, 0.2) is 11.5 Å². The number of methoxy groups -OCH3 is 1. The maximum Gasteiger partial charge on any atom is 0.331 e. The van der Waals surface area contributed by atoms with Gasteiger partial charge < -0.3 is 34.6 Å². The van der Waals surface area contributed by atoms with E-state index in [0.29, 0.717) is 5.56 Å². The molecule has 0 amide bonds. The Kier molecular flexibility index (Phi) is 6.19. The Hall–Kier alpha value is -2.62. The molecule has 0 radical (unpaired) electrons. The second-order valence-electron chi connectivity index (χ2n) is 5.87. The number of hydrogen-bond donors (Lipinski definition) is 4. The van der Waals surface area contributed by atoms with Crippen LogP contribution in [0.4, 0.5) is 0 Å². The number of aliphatic hydroxyl groups is 3. The van der Waals surface area contributed by atoms with Gasteiger partial charge in [0.25, 0.3) is 6.47 Å². The number of phenols is 1. The van der Waals surface area contributed by atoms with Crippen molar-refractivity contribution in [1.29, 1.82) is 0 Å². The van der Waals surface area contributed by atoms with Gasteiger partial charge in [-0.15, -0.1) is 0 Å². The summed E-state index contributed by atoms with van der Waals surface area (Å²) in [6, 6.07) is 4.43. The maximum absolute atomic E-state index is 12.0. The third kappa shape index (κ3) is 4.72. The lowest BCUT2D eigenvalue weighted by Crippen LogP contribution is -2.54. The van der Waals surface area contributed by atoms with Crippen molar-refractivity contribution in [2.45, 2.75) is 36.9 Å². The lowest BCUT2D eigenvalue weighted by molar-refractivity contribution is -0.254. The molecule has 1 aliphatic carbocycles. The Bertz CT molecular complexity index is 687. The van der Waals surface area contributed by atoms with Gasteiger partial charge in [0.1, 0.15) is 12.2 Å². The molecule has 1 aromatic carbocycles. The highest BCUT2D eigenvalue weighted by molar-refractivity contribution is 5.87. The van der Waals surface area contributed by atoms with Crippen LogP contribution in [0.1, 0.15) is 18.4 Å². The van der Waals surface area contributed by atoms with Crippen LogP contribution in [0.5, 0.6) is 11.5 Å². The Labute approximate surface area is 149 Å². The Balaban J connectivity index is 2.04. The van der Waals surface area contributed by atoms with Crippen molar-refractivity contribution in [2.75, 3.05) is 7.11 Å². The Morgan fingerprint density at radius 1 is 1.31 bits per heavy atom. The molecular formula is C17H20O9. The first kappa shape index (κ1) is 19.7. The lowest BCUT2D eigenvalue weighted by Gasteiger charge is -2.39. The highest BCUT2D eigenvalue weighted by Gasteiger charge is 2.47. The fourth-order valence-corrected chi connectivity index (χ4v) is 2.66. The molecule has 0 aliphatic heterocycles. The molecule has 142 valence electrons. The highest BCUT2D eigenvalue weighted by Crippen LogP contribution is 2.31. The summed E-state index contributed by atoms with van der Waals surface area (Å²) in [6.07, 6.45) is -2.45. The molecule has 9 nitrogen and oxygen atoms in total. The summed E-state index contributed by atoms with van der Waals surface area (Å²) in [5.41, 5.74) is 0.543. The minimum absolute atomic E-state index is 0.0153. The van der Waals surface area contributed by atoms with E-state index in [2.05, 4.69) is 4.74 Å². The van der Waals surface area contributed by atoms with Crippen LogP contribution < -0.4 is 4.74 Å². The molecule has 4 atom stereocenters. The number of aromatic hydroxyl groups is 1. The molecule has 0 bridgehead atoms. The van der Waals surface area contributed by atoms with Crippen molar-refractivity contribution >= 4 is 18.5 Å². The fourth-order valence-electron chi connectivity index (χ4n) is 2.66. The molecular weight excluding hydrogens is 348 g/mol. The summed E-state index contributed by atoms with van der Waals surface area (Å²) < 4.78 is 14.5. The van der Waals surface area contributed by atoms with Gasteiger partial charge in [-0.25, -0.2) is 4.79 Å². The van der Waals surface area contributed by atoms with Crippen molar-refractivity contribution in [1.82, 2.24) is 0 Å². The first-order valence-corrected chi connectivity index (χ1v) is 7.73. The molecule has 1 aliphatic rings. The Morgan fingerprint density at radius 3 is 2.69 bits per heavy atom. The predicted molar refractivity (Wildman–Crippen MR) is 86.9 cm³/mol. The van der Waals surface area contributed by atoms with Crippen LogP contribution in [0.2, 0.25) is 0 Å². The third-order valence-corrected chi connectivity index (χ3v) is 3.97. The van der Waals surface area contributed by atoms with Crippen LogP contribution in [-0.2, 0) is 19.1 Å². The standard InChI is InChI=1S/C17H20O9/c1-24-13-6-10(2-4-11(13)19)3-5-15(21)26-14-8-17(23,25-9-18)7-12(20)16(14)22/h2-6,9,12,14,16,19-20,22-23H,7-8H2,1H3/b5-3+. The molecule has 4 N–H and O–H groups in total. The number of carbonyl (C=O) groups excluding carboxylic acids is 2. The quantitative estimate of drug-likeness (QED) is 0.230. The molecule has 0 aromatic heterocycles. The molecule has 1 saturated carbocycles. The minimum atomic E-state index is -2.03. The zero-order chi connectivity index (χ0) is 19.3. The van der Waals surface area contributed by atoms with Crippen molar-refractivity contribution in [3.8, 4) is 11.5 Å². The fraction of sp³-hybridized carbons (Fsp3) is 0.412. The molecule has 9 heteroatoms. The monoisotopic (exact) mass is 368 g/mol. The van der Waals surface area contributed by atoms with Crippen molar-refractivity contribution in [2.24, 2.45) is 0 Å². The van der Waals surface area contributed by atoms with Crippen LogP contribution in [0.25, 0.3) is 6.08 Å². The molecule has 0 saturated heterocycles. The summed E-state index contributed by atoms with van der Waals surface area (Å²) in [5, 5.41) is 39.3. The number of rotatable bonds is 6. The smallest absolute Gasteiger partial charge is 0.331 e. The first-order chi connectivity index (χ1) is 12.3. The second-order valence-corrected chi connectivity index (χ2v) is 5.87. The second kappa shape index (κ2) is 8.17. The van der Waals surface area contributed by atoms with Crippen molar-refractivity contribution in [3.05, 3.63) is 29.8 Å². The average molecular weight is 368 g/mol. The molecule has 0 heterocycles. The SMILES string of the molecule is COc1cc(/C=C/C(=O)OC2CC(O)(OC=O)CC(O)C2O)ccc1O. The average Bonchev–Trinajstić information content (AvgIpc) is 2.58. The summed E-state index contributed by atoms with van der Waals surface area (Å²) in [5.74, 6) is -2.70. The predicted octanol–water partition coefficient (Wildman–Crippen LogP) is -0.297. The molecule has 4 unspecified atom stereocenters. The van der Waals surface area contributed by atoms with Gasteiger partial charge in [0.05, 0.1) is 19.6 Å². The number of ether oxygens (including phenoxy) is 3. The van der Waals surface area contributed by atoms with E-state index in [1.807, 2.05) is 0 Å². The van der Waals surface area contributed by atoms with E-state index in [4.69, 9.17) is 9.47 Å². The van der Waals surface area contributed by atoms with Gasteiger partial charge in [-0.3, -0.25) is 4.79 Å². The van der Waals surface area contributed by atoms with E-state index in [0.717, 1.165) is 6.08 Å². The van der Waals surface area contributed by atoms with E-state index in [1.54, 1.807) is 0 Å². The van der Waals surface area contributed by atoms with Gasteiger partial charge in [-0.2, -0.15) is 0 Å². The van der Waals surface area contributed by atoms with Crippen LogP contribution in [0.3, 0.4) is 0 Å². The van der Waals surface area contributed by atoms with E-state index < -0.39 is 36.5 Å². The molecule has 26 heavy (non-hydrogen) atoms. The van der Waals surface area contributed by atoms with Crippen molar-refractivity contribution in [3.63, 3.8) is 0 Å². The number of hydrogen-bond acceptors (Lipinski definition) is 9. The molecule has 1 fully saturated rings. The van der Waals surface area contributed by atoms with Crippen LogP contribution in [0, 0.1) is 0 Å². The third-order valence-electron chi connectivity index (χ3n) is 3.97. The van der Waals surface area contributed by atoms with Crippen LogP contribution in [0.15, 0.2) is 24.3 Å². The lowest BCUT2D eigenvalue weighted by atomic mass is 9.87. The maximum atomic E-state index is 12.0. The highest BCUT2D eigenvalue weighted by atomic mass is 16.6. The largest absolute Gasteiger partial charge is 0.504 e. The number of benzene rings is 1. The normalized spacial score (nSPS) is 28.5. The number of aliphatic hydroxyl groups excluding tert-OH is 2. The van der Waals surface area contributed by atoms with Gasteiger partial charge in [-0.05, 0) is 23.8 Å². The number of phenolic OH excluding ortho intramolecular Hbond substituents is 1. The molecule has 2 rings (SSSR count). The molecule has 1 aromatic rings. The van der Waals surface area contributed by atoms with E-state index in [1.165, 1.54) is 31.4 Å². The van der Waals surface area contributed by atoms with E-state index in [-0.39, 0.29) is 24.4 Å². The van der Waals surface area contributed by atoms with Gasteiger partial charge in [-0.1, -0.05) is 6.07 Å². The van der Waals surface area contributed by atoms with Crippen molar-refractivity contribution < 1.29 is 44.2 Å². The zero-order valence-electron chi connectivity index (χ0n) is 13.9. The van der Waals surface area contributed by atoms with Gasteiger partial charge >= 0.3 is 5.97 Å². The zero-order valence-corrected chi connectivity index (χ0v) is 13.9. The topological polar surface area (TPSA) is 143 Å². The minimum Gasteiger partial charge on any atom is -0.504 e. The van der Waals surface area contributed by atoms with E-state index in [9.17, 15) is 30.0 Å².